The van der Waals surface area contributed by atoms with Crippen molar-refractivity contribution >= 4 is 11.3 Å². The van der Waals surface area contributed by atoms with Gasteiger partial charge in [-0.05, 0) is 37.1 Å². The van der Waals surface area contributed by atoms with E-state index in [9.17, 15) is 0 Å². The fourth-order valence-corrected chi connectivity index (χ4v) is 3.43. The van der Waals surface area contributed by atoms with Crippen molar-refractivity contribution < 1.29 is 0 Å². The molecule has 0 atom stereocenters. The first-order valence-electron chi connectivity index (χ1n) is 6.79. The third kappa shape index (κ3) is 3.34. The molecule has 2 nitrogen and oxygen atoms in total. The second kappa shape index (κ2) is 5.86. The first-order chi connectivity index (χ1) is 8.62. The summed E-state index contributed by atoms with van der Waals surface area (Å²) < 4.78 is 0. The van der Waals surface area contributed by atoms with Crippen LogP contribution < -0.4 is 5.32 Å². The van der Waals surface area contributed by atoms with Crippen LogP contribution in [0.3, 0.4) is 0 Å². The summed E-state index contributed by atoms with van der Waals surface area (Å²) in [6.45, 7) is 5.62. The van der Waals surface area contributed by atoms with E-state index in [1.54, 1.807) is 0 Å². The minimum absolute atomic E-state index is 0.209. The van der Waals surface area contributed by atoms with Crippen LogP contribution in [0.4, 0.5) is 0 Å². The number of thiophene rings is 1. The van der Waals surface area contributed by atoms with Crippen molar-refractivity contribution in [2.45, 2.75) is 51.0 Å². The topological polar surface area (TPSA) is 35.8 Å². The molecule has 0 bridgehead atoms. The minimum Gasteiger partial charge on any atom is -0.313 e. The number of nitriles is 1. The first-order valence-corrected chi connectivity index (χ1v) is 7.67. The lowest BCUT2D eigenvalue weighted by Crippen LogP contribution is -2.40. The molecule has 1 aliphatic carbocycles. The van der Waals surface area contributed by atoms with Crippen molar-refractivity contribution in [2.75, 3.05) is 6.54 Å². The highest BCUT2D eigenvalue weighted by Gasteiger charge is 2.25. The van der Waals surface area contributed by atoms with Crippen LogP contribution in [-0.4, -0.2) is 12.6 Å². The van der Waals surface area contributed by atoms with Gasteiger partial charge in [0, 0.05) is 28.8 Å². The van der Waals surface area contributed by atoms with Crippen molar-refractivity contribution in [3.8, 4) is 6.07 Å². The van der Waals surface area contributed by atoms with Gasteiger partial charge in [-0.15, -0.1) is 11.3 Å². The Balaban J connectivity index is 1.80. The van der Waals surface area contributed by atoms with Gasteiger partial charge in [0.2, 0.25) is 0 Å². The quantitative estimate of drug-likeness (QED) is 0.898. The lowest BCUT2D eigenvalue weighted by molar-refractivity contribution is 0.312. The van der Waals surface area contributed by atoms with E-state index in [0.29, 0.717) is 12.0 Å². The molecule has 0 spiro atoms. The van der Waals surface area contributed by atoms with Gasteiger partial charge < -0.3 is 5.32 Å². The van der Waals surface area contributed by atoms with E-state index in [2.05, 4.69) is 42.7 Å². The summed E-state index contributed by atoms with van der Waals surface area (Å²) in [6.07, 6.45) is 4.43. The molecule has 3 heteroatoms. The number of hydrogen-bond donors (Lipinski definition) is 1. The molecule has 0 amide bonds. The average Bonchev–Trinajstić information content (AvgIpc) is 2.92. The zero-order valence-electron chi connectivity index (χ0n) is 11.3. The van der Waals surface area contributed by atoms with Crippen LogP contribution in [0.5, 0.6) is 0 Å². The Morgan fingerprint density at radius 1 is 1.39 bits per heavy atom. The van der Waals surface area contributed by atoms with Crippen LogP contribution in [0.15, 0.2) is 17.5 Å². The molecule has 1 aromatic rings. The molecule has 2 rings (SSSR count). The monoisotopic (exact) mass is 262 g/mol. The molecule has 1 saturated carbocycles. The lowest BCUT2D eigenvalue weighted by atomic mass is 9.85. The van der Waals surface area contributed by atoms with Crippen LogP contribution in [-0.2, 0) is 5.41 Å². The zero-order chi connectivity index (χ0) is 13.0. The van der Waals surface area contributed by atoms with E-state index < -0.39 is 0 Å². The summed E-state index contributed by atoms with van der Waals surface area (Å²) in [5.74, 6) is 0.299. The first kappa shape index (κ1) is 13.6. The Kier molecular flexibility index (Phi) is 4.42. The van der Waals surface area contributed by atoms with Gasteiger partial charge in [-0.2, -0.15) is 5.26 Å². The molecule has 0 aliphatic heterocycles. The highest BCUT2D eigenvalue weighted by molar-refractivity contribution is 7.10. The minimum atomic E-state index is 0.209. The fourth-order valence-electron chi connectivity index (χ4n) is 2.58. The zero-order valence-corrected chi connectivity index (χ0v) is 12.1. The summed E-state index contributed by atoms with van der Waals surface area (Å²) in [4.78, 5) is 1.45. The summed E-state index contributed by atoms with van der Waals surface area (Å²) >= 11 is 1.84. The summed E-state index contributed by atoms with van der Waals surface area (Å²) in [7, 11) is 0. The Morgan fingerprint density at radius 3 is 2.67 bits per heavy atom. The van der Waals surface area contributed by atoms with Crippen LogP contribution in [0.25, 0.3) is 0 Å². The third-order valence-electron chi connectivity index (χ3n) is 3.93. The second-order valence-electron chi connectivity index (χ2n) is 5.92. The molecule has 0 radical (unpaired) electrons. The molecule has 1 N–H and O–H groups in total. The number of nitrogens with zero attached hydrogens (tertiary/aromatic N) is 1. The highest BCUT2D eigenvalue weighted by Crippen LogP contribution is 2.28. The summed E-state index contributed by atoms with van der Waals surface area (Å²) in [5, 5.41) is 14.7. The van der Waals surface area contributed by atoms with Crippen LogP contribution in [0, 0.1) is 17.2 Å². The smallest absolute Gasteiger partial charge is 0.0655 e. The van der Waals surface area contributed by atoms with Gasteiger partial charge in [0.15, 0.2) is 0 Å². The van der Waals surface area contributed by atoms with Gasteiger partial charge in [0.25, 0.3) is 0 Å². The number of rotatable bonds is 4. The van der Waals surface area contributed by atoms with Gasteiger partial charge in [0.05, 0.1) is 6.07 Å². The Bertz CT molecular complexity index is 395. The molecule has 0 saturated heterocycles. The van der Waals surface area contributed by atoms with Gasteiger partial charge in [-0.1, -0.05) is 19.9 Å². The maximum absolute atomic E-state index is 8.89. The fraction of sp³-hybridized carbons (Fsp3) is 0.667. The van der Waals surface area contributed by atoms with Crippen molar-refractivity contribution in [3.63, 3.8) is 0 Å². The predicted octanol–water partition coefficient (Wildman–Crippen LogP) is 3.70. The van der Waals surface area contributed by atoms with E-state index in [-0.39, 0.29) is 5.41 Å². The molecule has 1 aromatic heterocycles. The maximum atomic E-state index is 8.89. The van der Waals surface area contributed by atoms with E-state index in [0.717, 1.165) is 32.2 Å². The van der Waals surface area contributed by atoms with Gasteiger partial charge in [-0.3, -0.25) is 0 Å². The third-order valence-corrected chi connectivity index (χ3v) is 5.17. The maximum Gasteiger partial charge on any atom is 0.0655 e. The molecule has 1 fully saturated rings. The van der Waals surface area contributed by atoms with Gasteiger partial charge in [-0.25, -0.2) is 0 Å². The van der Waals surface area contributed by atoms with Crippen LogP contribution in [0.2, 0.25) is 0 Å². The second-order valence-corrected chi connectivity index (χ2v) is 6.87. The number of hydrogen-bond acceptors (Lipinski definition) is 3. The van der Waals surface area contributed by atoms with Crippen molar-refractivity contribution in [1.29, 1.82) is 5.26 Å². The largest absolute Gasteiger partial charge is 0.313 e. The normalized spacial score (nSPS) is 24.7. The predicted molar refractivity (Wildman–Crippen MR) is 76.7 cm³/mol. The molecule has 1 aliphatic rings. The van der Waals surface area contributed by atoms with E-state index in [1.165, 1.54) is 4.88 Å². The molecule has 98 valence electrons. The molecule has 18 heavy (non-hydrogen) atoms. The molecule has 1 heterocycles. The van der Waals surface area contributed by atoms with Gasteiger partial charge in [0.1, 0.15) is 0 Å². The molecular formula is C15H22N2S. The molecular weight excluding hydrogens is 240 g/mol. The Morgan fingerprint density at radius 2 is 2.11 bits per heavy atom. The van der Waals surface area contributed by atoms with Crippen molar-refractivity contribution in [3.05, 3.63) is 22.4 Å². The molecule has 0 unspecified atom stereocenters. The standard InChI is InChI=1S/C15H22N2S/c1-15(2,14-4-3-9-18-14)11-17-13-7-5-12(10-16)6-8-13/h3-4,9,12-13,17H,5-8,11H2,1-2H3. The van der Waals surface area contributed by atoms with E-state index >= 15 is 0 Å². The summed E-state index contributed by atoms with van der Waals surface area (Å²) in [6, 6.07) is 7.34. The molecule has 0 aromatic carbocycles. The lowest BCUT2D eigenvalue weighted by Gasteiger charge is -2.30. The Hall–Kier alpha value is -0.850. The summed E-state index contributed by atoms with van der Waals surface area (Å²) in [5.41, 5.74) is 0.209. The van der Waals surface area contributed by atoms with Crippen LogP contribution >= 0.6 is 11.3 Å². The van der Waals surface area contributed by atoms with Crippen LogP contribution in [0.1, 0.15) is 44.4 Å². The highest BCUT2D eigenvalue weighted by atomic mass is 32.1. The Labute approximate surface area is 114 Å². The van der Waals surface area contributed by atoms with Gasteiger partial charge >= 0.3 is 0 Å². The van der Waals surface area contributed by atoms with Crippen molar-refractivity contribution in [2.24, 2.45) is 5.92 Å². The van der Waals surface area contributed by atoms with Crippen molar-refractivity contribution in [1.82, 2.24) is 5.32 Å². The van der Waals surface area contributed by atoms with E-state index in [4.69, 9.17) is 5.26 Å². The van der Waals surface area contributed by atoms with E-state index in [1.807, 2.05) is 11.3 Å². The number of nitrogens with one attached hydrogen (secondary N) is 1. The SMILES string of the molecule is CC(C)(CNC1CCC(C#N)CC1)c1cccs1. The average molecular weight is 262 g/mol.